The molecule has 6 heteroatoms. The molecule has 3 N–H and O–H groups in total. The molecule has 0 bridgehead atoms. The van der Waals surface area contributed by atoms with Crippen molar-refractivity contribution in [1.29, 1.82) is 0 Å². The van der Waals surface area contributed by atoms with Gasteiger partial charge in [0.05, 0.1) is 0 Å². The third-order valence-electron chi connectivity index (χ3n) is 3.14. The van der Waals surface area contributed by atoms with Crippen molar-refractivity contribution in [1.82, 2.24) is 5.32 Å². The van der Waals surface area contributed by atoms with Gasteiger partial charge in [0.1, 0.15) is 11.9 Å². The maximum absolute atomic E-state index is 12.9. The van der Waals surface area contributed by atoms with E-state index in [9.17, 15) is 14.0 Å². The Hall–Kier alpha value is -2.40. The molecule has 2 rings (SSSR count). The van der Waals surface area contributed by atoms with E-state index >= 15 is 0 Å². The lowest BCUT2D eigenvalue weighted by Crippen LogP contribution is -2.45. The Balaban J connectivity index is 2.12. The zero-order valence-corrected chi connectivity index (χ0v) is 12.3. The van der Waals surface area contributed by atoms with E-state index in [0.717, 1.165) is 0 Å². The number of hydrogen-bond donors (Lipinski definition) is 2. The second-order valence-electron chi connectivity index (χ2n) is 4.73. The molecular formula is C16H14ClFN2O2. The number of amides is 2. The molecule has 4 nitrogen and oxygen atoms in total. The first-order chi connectivity index (χ1) is 10.5. The van der Waals surface area contributed by atoms with Gasteiger partial charge in [0.15, 0.2) is 0 Å². The highest BCUT2D eigenvalue weighted by molar-refractivity contribution is 6.31. The summed E-state index contributed by atoms with van der Waals surface area (Å²) in [5.41, 5.74) is 6.27. The minimum Gasteiger partial charge on any atom is -0.368 e. The minimum absolute atomic E-state index is 0.182. The van der Waals surface area contributed by atoms with E-state index in [2.05, 4.69) is 5.32 Å². The van der Waals surface area contributed by atoms with Gasteiger partial charge < -0.3 is 11.1 Å². The van der Waals surface area contributed by atoms with Crippen LogP contribution in [0.2, 0.25) is 5.02 Å². The molecule has 114 valence electrons. The topological polar surface area (TPSA) is 72.2 Å². The highest BCUT2D eigenvalue weighted by atomic mass is 35.5. The molecule has 0 unspecified atom stereocenters. The van der Waals surface area contributed by atoms with Crippen LogP contribution in [0.25, 0.3) is 0 Å². The summed E-state index contributed by atoms with van der Waals surface area (Å²) >= 11 is 6.04. The molecule has 0 aliphatic rings. The lowest BCUT2D eigenvalue weighted by molar-refractivity contribution is -0.119. The van der Waals surface area contributed by atoms with E-state index in [-0.39, 0.29) is 12.0 Å². The average molecular weight is 321 g/mol. The van der Waals surface area contributed by atoms with Gasteiger partial charge in [-0.25, -0.2) is 4.39 Å². The summed E-state index contributed by atoms with van der Waals surface area (Å²) in [4.78, 5) is 23.6. The van der Waals surface area contributed by atoms with Crippen LogP contribution in [-0.2, 0) is 11.2 Å². The van der Waals surface area contributed by atoms with Crippen LogP contribution >= 0.6 is 11.6 Å². The number of nitrogens with two attached hydrogens (primary N) is 1. The number of carbonyl (C=O) groups excluding carboxylic acids is 2. The predicted molar refractivity (Wildman–Crippen MR) is 82.0 cm³/mol. The van der Waals surface area contributed by atoms with Gasteiger partial charge in [-0.3, -0.25) is 9.59 Å². The van der Waals surface area contributed by atoms with Crippen LogP contribution in [0.3, 0.4) is 0 Å². The van der Waals surface area contributed by atoms with Gasteiger partial charge in [-0.15, -0.1) is 0 Å². The maximum atomic E-state index is 12.9. The second-order valence-corrected chi connectivity index (χ2v) is 5.14. The molecule has 2 amide bonds. The molecule has 0 heterocycles. The fourth-order valence-electron chi connectivity index (χ4n) is 1.95. The lowest BCUT2D eigenvalue weighted by atomic mass is 10.0. The molecule has 0 saturated heterocycles. The Morgan fingerprint density at radius 3 is 2.36 bits per heavy atom. The number of nitrogens with one attached hydrogen (secondary N) is 1. The zero-order valence-electron chi connectivity index (χ0n) is 11.6. The van der Waals surface area contributed by atoms with Crippen molar-refractivity contribution in [3.05, 3.63) is 70.5 Å². The first-order valence-corrected chi connectivity index (χ1v) is 6.94. The van der Waals surface area contributed by atoms with Crippen molar-refractivity contribution in [2.45, 2.75) is 12.5 Å². The first kappa shape index (κ1) is 16.0. The fraction of sp³-hybridized carbons (Fsp3) is 0.125. The van der Waals surface area contributed by atoms with Gasteiger partial charge in [0, 0.05) is 17.0 Å². The summed E-state index contributed by atoms with van der Waals surface area (Å²) in [6, 6.07) is 11.1. The predicted octanol–water partition coefficient (Wildman–Crippen LogP) is 2.31. The molecule has 1 atom stereocenters. The van der Waals surface area contributed by atoms with Crippen molar-refractivity contribution in [2.75, 3.05) is 0 Å². The van der Waals surface area contributed by atoms with Crippen LogP contribution in [0.4, 0.5) is 4.39 Å². The number of hydrogen-bond acceptors (Lipinski definition) is 2. The highest BCUT2D eigenvalue weighted by Crippen LogP contribution is 2.17. The zero-order chi connectivity index (χ0) is 16.1. The average Bonchev–Trinajstić information content (AvgIpc) is 2.49. The summed E-state index contributed by atoms with van der Waals surface area (Å²) in [7, 11) is 0. The monoisotopic (exact) mass is 320 g/mol. The van der Waals surface area contributed by atoms with E-state index in [4.69, 9.17) is 17.3 Å². The standard InChI is InChI=1S/C16H14ClFN2O2/c17-13-4-2-1-3-11(13)9-14(15(19)21)20-16(22)10-5-7-12(18)8-6-10/h1-8,14H,9H2,(H2,19,21)(H,20,22)/t14-/m0/s1. The summed E-state index contributed by atoms with van der Waals surface area (Å²) in [5, 5.41) is 3.02. The Kier molecular flexibility index (Phi) is 5.12. The summed E-state index contributed by atoms with van der Waals surface area (Å²) < 4.78 is 12.9. The van der Waals surface area contributed by atoms with Crippen LogP contribution in [0.5, 0.6) is 0 Å². The Morgan fingerprint density at radius 2 is 1.77 bits per heavy atom. The van der Waals surface area contributed by atoms with Crippen molar-refractivity contribution in [3.63, 3.8) is 0 Å². The van der Waals surface area contributed by atoms with Gasteiger partial charge >= 0.3 is 0 Å². The summed E-state index contributed by atoms with van der Waals surface area (Å²) in [5.74, 6) is -1.62. The molecular weight excluding hydrogens is 307 g/mol. The second kappa shape index (κ2) is 7.04. The number of rotatable bonds is 5. The number of halogens is 2. The number of primary amides is 1. The van der Waals surface area contributed by atoms with E-state index in [1.165, 1.54) is 24.3 Å². The Labute approximate surface area is 132 Å². The van der Waals surface area contributed by atoms with E-state index in [1.807, 2.05) is 0 Å². The Morgan fingerprint density at radius 1 is 1.14 bits per heavy atom. The van der Waals surface area contributed by atoms with Gasteiger partial charge in [-0.1, -0.05) is 29.8 Å². The van der Waals surface area contributed by atoms with Crippen LogP contribution in [0, 0.1) is 5.82 Å². The van der Waals surface area contributed by atoms with Crippen LogP contribution in [0.1, 0.15) is 15.9 Å². The van der Waals surface area contributed by atoms with Crippen LogP contribution in [0.15, 0.2) is 48.5 Å². The van der Waals surface area contributed by atoms with Crippen molar-refractivity contribution in [2.24, 2.45) is 5.73 Å². The van der Waals surface area contributed by atoms with Gasteiger partial charge in [0.25, 0.3) is 5.91 Å². The molecule has 0 fully saturated rings. The van der Waals surface area contributed by atoms with E-state index in [1.54, 1.807) is 24.3 Å². The molecule has 0 spiro atoms. The van der Waals surface area contributed by atoms with E-state index < -0.39 is 23.7 Å². The molecule has 2 aromatic rings. The number of benzene rings is 2. The van der Waals surface area contributed by atoms with Crippen LogP contribution in [-0.4, -0.2) is 17.9 Å². The molecule has 0 radical (unpaired) electrons. The minimum atomic E-state index is -0.905. The fourth-order valence-corrected chi connectivity index (χ4v) is 2.16. The molecule has 0 aliphatic carbocycles. The van der Waals surface area contributed by atoms with Gasteiger partial charge in [-0.05, 0) is 35.9 Å². The number of carbonyl (C=O) groups is 2. The molecule has 0 aliphatic heterocycles. The molecule has 22 heavy (non-hydrogen) atoms. The Bertz CT molecular complexity index is 689. The van der Waals surface area contributed by atoms with Crippen molar-refractivity contribution in [3.8, 4) is 0 Å². The molecule has 0 saturated carbocycles. The quantitative estimate of drug-likeness (QED) is 0.887. The highest BCUT2D eigenvalue weighted by Gasteiger charge is 2.20. The summed E-state index contributed by atoms with van der Waals surface area (Å²) in [6.07, 6.45) is 0.182. The van der Waals surface area contributed by atoms with Gasteiger partial charge in [0.2, 0.25) is 5.91 Å². The third kappa shape index (κ3) is 4.05. The first-order valence-electron chi connectivity index (χ1n) is 6.56. The van der Waals surface area contributed by atoms with Gasteiger partial charge in [-0.2, -0.15) is 0 Å². The van der Waals surface area contributed by atoms with Crippen molar-refractivity contribution >= 4 is 23.4 Å². The third-order valence-corrected chi connectivity index (χ3v) is 3.51. The van der Waals surface area contributed by atoms with Crippen LogP contribution < -0.4 is 11.1 Å². The SMILES string of the molecule is NC(=O)[C@H](Cc1ccccc1Cl)NC(=O)c1ccc(F)cc1. The normalized spacial score (nSPS) is 11.7. The largest absolute Gasteiger partial charge is 0.368 e. The lowest BCUT2D eigenvalue weighted by Gasteiger charge is -2.16. The van der Waals surface area contributed by atoms with Crippen molar-refractivity contribution < 1.29 is 14.0 Å². The summed E-state index contributed by atoms with van der Waals surface area (Å²) in [6.45, 7) is 0. The molecule has 0 aromatic heterocycles. The molecule has 2 aromatic carbocycles. The van der Waals surface area contributed by atoms with E-state index in [0.29, 0.717) is 10.6 Å². The smallest absolute Gasteiger partial charge is 0.251 e. The maximum Gasteiger partial charge on any atom is 0.251 e.